The van der Waals surface area contributed by atoms with E-state index in [4.69, 9.17) is 0 Å². The van der Waals surface area contributed by atoms with Gasteiger partial charge in [-0.15, -0.1) is 23.1 Å². The predicted molar refractivity (Wildman–Crippen MR) is 113 cm³/mol. The van der Waals surface area contributed by atoms with Gasteiger partial charge in [0.1, 0.15) is 10.7 Å². The maximum absolute atomic E-state index is 12.5. The zero-order valence-electron chi connectivity index (χ0n) is 15.1. The zero-order valence-corrected chi connectivity index (χ0v) is 16.8. The molecule has 1 aromatic carbocycles. The highest BCUT2D eigenvalue weighted by Gasteiger charge is 2.21. The third-order valence-electron chi connectivity index (χ3n) is 4.77. The average Bonchev–Trinajstić information content (AvgIpc) is 3.22. The van der Waals surface area contributed by atoms with Crippen molar-refractivity contribution >= 4 is 44.9 Å². The molecule has 0 atom stereocenters. The number of hydrogen-bond donors (Lipinski definition) is 2. The molecule has 0 spiro atoms. The Bertz CT molecular complexity index is 1060. The lowest BCUT2D eigenvalue weighted by molar-refractivity contribution is -0.113. The summed E-state index contributed by atoms with van der Waals surface area (Å²) in [7, 11) is 0. The van der Waals surface area contributed by atoms with Crippen LogP contribution in [0.2, 0.25) is 0 Å². The van der Waals surface area contributed by atoms with Crippen LogP contribution in [0.4, 0.5) is 5.69 Å². The van der Waals surface area contributed by atoms with Gasteiger partial charge in [-0.25, -0.2) is 4.98 Å². The van der Waals surface area contributed by atoms with Crippen molar-refractivity contribution in [2.24, 2.45) is 0 Å². The predicted octanol–water partition coefficient (Wildman–Crippen LogP) is 3.91. The van der Waals surface area contributed by atoms with Crippen LogP contribution in [0.1, 0.15) is 35.2 Å². The van der Waals surface area contributed by atoms with Crippen LogP contribution in [0, 0.1) is 0 Å². The van der Waals surface area contributed by atoms with Crippen LogP contribution in [-0.2, 0) is 29.8 Å². The summed E-state index contributed by atoms with van der Waals surface area (Å²) in [6.07, 6.45) is 4.04. The number of H-pyrrole nitrogens is 1. The topological polar surface area (TPSA) is 74.8 Å². The molecular weight excluding hydrogens is 378 g/mol. The van der Waals surface area contributed by atoms with Gasteiger partial charge >= 0.3 is 0 Å². The van der Waals surface area contributed by atoms with E-state index in [1.165, 1.54) is 22.2 Å². The lowest BCUT2D eigenvalue weighted by atomic mass is 10.1. The van der Waals surface area contributed by atoms with E-state index in [0.29, 0.717) is 17.3 Å². The minimum absolute atomic E-state index is 0.0422. The first-order chi connectivity index (χ1) is 13.2. The molecule has 1 aliphatic carbocycles. The fourth-order valence-electron chi connectivity index (χ4n) is 3.49. The number of benzene rings is 1. The second kappa shape index (κ2) is 7.86. The van der Waals surface area contributed by atoms with Gasteiger partial charge in [-0.2, -0.15) is 0 Å². The molecular formula is C20H21N3O2S2. The Balaban J connectivity index is 1.39. The standard InChI is InChI=1S/C20H21N3O2S2/c1-2-12-6-3-4-8-14(12)21-17(24)11-26-10-16-22-19(25)18-13-7-5-9-15(13)27-20(18)23-16/h3-4,6,8H,2,5,7,9-11H2,1H3,(H,21,24)(H,22,23,25). The Hall–Kier alpha value is -2.12. The van der Waals surface area contributed by atoms with E-state index >= 15 is 0 Å². The molecule has 1 amide bonds. The van der Waals surface area contributed by atoms with Crippen LogP contribution in [-0.4, -0.2) is 21.6 Å². The second-order valence-corrected chi connectivity index (χ2v) is 8.67. The summed E-state index contributed by atoms with van der Waals surface area (Å²) >= 11 is 3.10. The summed E-state index contributed by atoms with van der Waals surface area (Å²) in [5, 5.41) is 3.74. The Morgan fingerprint density at radius 3 is 3.04 bits per heavy atom. The van der Waals surface area contributed by atoms with Crippen molar-refractivity contribution < 1.29 is 4.79 Å². The third kappa shape index (κ3) is 3.80. The molecule has 2 aromatic heterocycles. The van der Waals surface area contributed by atoms with E-state index in [1.54, 1.807) is 11.3 Å². The fraction of sp³-hybridized carbons (Fsp3) is 0.350. The summed E-state index contributed by atoms with van der Waals surface area (Å²) in [5.41, 5.74) is 3.14. The number of hydrogen-bond acceptors (Lipinski definition) is 5. The molecule has 2 N–H and O–H groups in total. The van der Waals surface area contributed by atoms with E-state index in [1.807, 2.05) is 24.3 Å². The molecule has 4 rings (SSSR count). The summed E-state index contributed by atoms with van der Waals surface area (Å²) in [5.74, 6) is 1.43. The number of aryl methyl sites for hydroxylation is 3. The molecule has 1 aliphatic rings. The largest absolute Gasteiger partial charge is 0.325 e. The molecule has 3 aromatic rings. The van der Waals surface area contributed by atoms with E-state index in [2.05, 4.69) is 22.2 Å². The molecule has 0 unspecified atom stereocenters. The molecule has 0 aliphatic heterocycles. The molecule has 140 valence electrons. The van der Waals surface area contributed by atoms with Gasteiger partial charge < -0.3 is 10.3 Å². The summed E-state index contributed by atoms with van der Waals surface area (Å²) in [4.78, 5) is 34.3. The number of thioether (sulfide) groups is 1. The first-order valence-corrected chi connectivity index (χ1v) is 11.1. The number of aromatic nitrogens is 2. The van der Waals surface area contributed by atoms with Crippen molar-refractivity contribution in [2.75, 3.05) is 11.1 Å². The van der Waals surface area contributed by atoms with Crippen LogP contribution in [0.25, 0.3) is 10.2 Å². The molecule has 0 radical (unpaired) electrons. The van der Waals surface area contributed by atoms with Gasteiger partial charge in [0.25, 0.3) is 5.56 Å². The highest BCUT2D eigenvalue weighted by Crippen LogP contribution is 2.34. The van der Waals surface area contributed by atoms with Crippen LogP contribution in [0.15, 0.2) is 29.1 Å². The number of nitrogens with zero attached hydrogens (tertiary/aromatic N) is 1. The van der Waals surface area contributed by atoms with E-state index < -0.39 is 0 Å². The number of thiophene rings is 1. The van der Waals surface area contributed by atoms with Crippen molar-refractivity contribution in [2.45, 2.75) is 38.4 Å². The smallest absolute Gasteiger partial charge is 0.259 e. The summed E-state index contributed by atoms with van der Waals surface area (Å²) in [6.45, 7) is 2.07. The van der Waals surface area contributed by atoms with Crippen LogP contribution in [0.3, 0.4) is 0 Å². The van der Waals surface area contributed by atoms with Crippen molar-refractivity contribution in [3.63, 3.8) is 0 Å². The second-order valence-electron chi connectivity index (χ2n) is 6.60. The van der Waals surface area contributed by atoms with E-state index in [9.17, 15) is 9.59 Å². The molecule has 0 bridgehead atoms. The maximum Gasteiger partial charge on any atom is 0.259 e. The molecule has 0 fully saturated rings. The Morgan fingerprint density at radius 2 is 2.19 bits per heavy atom. The van der Waals surface area contributed by atoms with Crippen molar-refractivity contribution in [1.82, 2.24) is 9.97 Å². The van der Waals surface area contributed by atoms with E-state index in [0.717, 1.165) is 47.2 Å². The highest BCUT2D eigenvalue weighted by atomic mass is 32.2. The Morgan fingerprint density at radius 1 is 1.33 bits per heavy atom. The Kier molecular flexibility index (Phi) is 5.31. The molecule has 0 saturated heterocycles. The first-order valence-electron chi connectivity index (χ1n) is 9.14. The number of fused-ring (bicyclic) bond motifs is 3. The van der Waals surface area contributed by atoms with Gasteiger partial charge in [-0.3, -0.25) is 9.59 Å². The quantitative estimate of drug-likeness (QED) is 0.659. The van der Waals surface area contributed by atoms with Gasteiger partial charge in [0.15, 0.2) is 0 Å². The zero-order chi connectivity index (χ0) is 18.8. The number of nitrogens with one attached hydrogen (secondary N) is 2. The van der Waals surface area contributed by atoms with Gasteiger partial charge in [0, 0.05) is 10.6 Å². The van der Waals surface area contributed by atoms with Crippen molar-refractivity contribution in [3.05, 3.63) is 56.4 Å². The molecule has 7 heteroatoms. The monoisotopic (exact) mass is 399 g/mol. The van der Waals surface area contributed by atoms with Crippen LogP contribution in [0.5, 0.6) is 0 Å². The SMILES string of the molecule is CCc1ccccc1NC(=O)CSCc1nc2sc3c(c2c(=O)[nH]1)CCC3. The average molecular weight is 400 g/mol. The summed E-state index contributed by atoms with van der Waals surface area (Å²) in [6, 6.07) is 7.83. The third-order valence-corrected chi connectivity index (χ3v) is 6.90. The van der Waals surface area contributed by atoms with E-state index in [-0.39, 0.29) is 11.5 Å². The maximum atomic E-state index is 12.5. The van der Waals surface area contributed by atoms with Crippen LogP contribution >= 0.6 is 23.1 Å². The number of aromatic amines is 1. The number of carbonyl (C=O) groups is 1. The number of amides is 1. The molecule has 27 heavy (non-hydrogen) atoms. The minimum Gasteiger partial charge on any atom is -0.325 e. The van der Waals surface area contributed by atoms with Gasteiger partial charge in [-0.05, 0) is 42.9 Å². The van der Waals surface area contributed by atoms with Crippen LogP contribution < -0.4 is 10.9 Å². The van der Waals surface area contributed by atoms with Crippen molar-refractivity contribution in [3.8, 4) is 0 Å². The van der Waals surface area contributed by atoms with Gasteiger partial charge in [-0.1, -0.05) is 25.1 Å². The number of anilines is 1. The molecule has 2 heterocycles. The lowest BCUT2D eigenvalue weighted by Gasteiger charge is -2.09. The molecule has 5 nitrogen and oxygen atoms in total. The highest BCUT2D eigenvalue weighted by molar-refractivity contribution is 7.99. The number of rotatable bonds is 6. The van der Waals surface area contributed by atoms with Gasteiger partial charge in [0.05, 0.1) is 16.9 Å². The normalized spacial score (nSPS) is 13.1. The summed E-state index contributed by atoms with van der Waals surface area (Å²) < 4.78 is 0. The van der Waals surface area contributed by atoms with Crippen molar-refractivity contribution in [1.29, 1.82) is 0 Å². The first kappa shape index (κ1) is 18.3. The van der Waals surface area contributed by atoms with Gasteiger partial charge in [0.2, 0.25) is 5.91 Å². The number of para-hydroxylation sites is 1. The molecule has 0 saturated carbocycles. The fourth-order valence-corrected chi connectivity index (χ4v) is 5.46. The lowest BCUT2D eigenvalue weighted by Crippen LogP contribution is -2.16. The minimum atomic E-state index is -0.0451. The number of carbonyl (C=O) groups excluding carboxylic acids is 1. The Labute approximate surface area is 165 Å².